The van der Waals surface area contributed by atoms with Gasteiger partial charge in [0.05, 0.1) is 5.33 Å². The van der Waals surface area contributed by atoms with Gasteiger partial charge in [-0.2, -0.15) is 0 Å². The Hall–Kier alpha value is -0.590. The highest BCUT2D eigenvalue weighted by Gasteiger charge is 2.57. The molecular formula is C25H33BrO2. The van der Waals surface area contributed by atoms with E-state index in [9.17, 15) is 9.90 Å². The average molecular weight is 445 g/mol. The minimum absolute atomic E-state index is 0.211. The largest absolute Gasteiger partial charge is 0.377 e. The summed E-state index contributed by atoms with van der Waals surface area (Å²) in [4.78, 5) is 12.5. The highest BCUT2D eigenvalue weighted by molar-refractivity contribution is 9.09. The maximum absolute atomic E-state index is 12.5. The van der Waals surface area contributed by atoms with Crippen LogP contribution in [-0.4, -0.2) is 21.8 Å². The van der Waals surface area contributed by atoms with Crippen LogP contribution in [0.15, 0.2) is 11.6 Å². The first kappa shape index (κ1) is 19.4. The van der Waals surface area contributed by atoms with Crippen LogP contribution in [0.1, 0.15) is 71.1 Å². The molecule has 0 spiro atoms. The van der Waals surface area contributed by atoms with Crippen LogP contribution >= 0.6 is 15.9 Å². The standard InChI is InChI=1S/C25H33BrO2/c1-24-11-9-19-18-10-13-25(28,12-8-16-2-3-16)14-17(18)4-5-20(19)21(24)6-7-22(24)23(27)15-26/h4,16,18-22,28H,2-3,5-7,9-11,13-15H2,1H3/t18?,19-,20-,21+,22-,24+,25-/m1/s1. The summed E-state index contributed by atoms with van der Waals surface area (Å²) in [5, 5.41) is 11.6. The van der Waals surface area contributed by atoms with Gasteiger partial charge in [-0.15, -0.1) is 0 Å². The van der Waals surface area contributed by atoms with Gasteiger partial charge >= 0.3 is 0 Å². The van der Waals surface area contributed by atoms with Crippen LogP contribution in [0.5, 0.6) is 0 Å². The summed E-state index contributed by atoms with van der Waals surface area (Å²) in [6, 6.07) is 0. The Bertz CT molecular complexity index is 756. The number of hydrogen-bond acceptors (Lipinski definition) is 2. The summed E-state index contributed by atoms with van der Waals surface area (Å²) < 4.78 is 0. The quantitative estimate of drug-likeness (QED) is 0.357. The number of carbonyl (C=O) groups excluding carboxylic acids is 1. The number of hydrogen-bond donors (Lipinski definition) is 1. The van der Waals surface area contributed by atoms with Crippen molar-refractivity contribution in [3.8, 4) is 11.8 Å². The van der Waals surface area contributed by atoms with E-state index < -0.39 is 5.60 Å². The summed E-state index contributed by atoms with van der Waals surface area (Å²) >= 11 is 3.42. The number of rotatable bonds is 2. The maximum Gasteiger partial charge on any atom is 0.147 e. The summed E-state index contributed by atoms with van der Waals surface area (Å²) in [6.45, 7) is 2.42. The van der Waals surface area contributed by atoms with Gasteiger partial charge in [0, 0.05) is 18.3 Å². The lowest BCUT2D eigenvalue weighted by atomic mass is 9.51. The SMILES string of the molecule is C[C@]12CC[C@@H]3C4CC[C@](O)(C#CC5CC5)CC4=CC[C@H]3[C@@H]1CC[C@@H]2C(=O)CBr. The van der Waals surface area contributed by atoms with Gasteiger partial charge in [-0.1, -0.05) is 46.3 Å². The first-order valence-electron chi connectivity index (χ1n) is 11.5. The first-order valence-corrected chi connectivity index (χ1v) is 12.6. The molecule has 0 heterocycles. The Morgan fingerprint density at radius 2 is 2.00 bits per heavy atom. The van der Waals surface area contributed by atoms with Gasteiger partial charge in [0.1, 0.15) is 11.4 Å². The van der Waals surface area contributed by atoms with Crippen LogP contribution in [0.3, 0.4) is 0 Å². The fraction of sp³-hybridized carbons (Fsp3) is 0.800. The molecule has 5 aliphatic rings. The third-order valence-corrected chi connectivity index (χ3v) is 9.66. The second kappa shape index (κ2) is 6.98. The Balaban J connectivity index is 1.35. The molecule has 7 atom stereocenters. The van der Waals surface area contributed by atoms with E-state index in [4.69, 9.17) is 0 Å². The highest BCUT2D eigenvalue weighted by atomic mass is 79.9. The molecule has 0 aromatic rings. The second-order valence-corrected chi connectivity index (χ2v) is 11.2. The number of alkyl halides is 1. The van der Waals surface area contributed by atoms with Gasteiger partial charge in [0.25, 0.3) is 0 Å². The zero-order valence-corrected chi connectivity index (χ0v) is 18.6. The highest BCUT2D eigenvalue weighted by Crippen LogP contribution is 2.63. The van der Waals surface area contributed by atoms with E-state index in [0.717, 1.165) is 43.9 Å². The Morgan fingerprint density at radius 3 is 2.75 bits per heavy atom. The monoisotopic (exact) mass is 444 g/mol. The van der Waals surface area contributed by atoms with Crippen LogP contribution in [-0.2, 0) is 4.79 Å². The Labute approximate surface area is 178 Å². The van der Waals surface area contributed by atoms with Crippen LogP contribution in [0, 0.1) is 52.8 Å². The molecule has 0 bridgehead atoms. The number of halogens is 1. The summed E-state index contributed by atoms with van der Waals surface area (Å²) in [5.41, 5.74) is 0.930. The molecule has 3 heteroatoms. The van der Waals surface area contributed by atoms with E-state index in [2.05, 4.69) is 40.8 Å². The van der Waals surface area contributed by atoms with E-state index in [1.165, 1.54) is 37.7 Å². The van der Waals surface area contributed by atoms with Crippen molar-refractivity contribution in [2.75, 3.05) is 5.33 Å². The van der Waals surface area contributed by atoms with Gasteiger partial charge in [0.15, 0.2) is 0 Å². The number of aliphatic hydroxyl groups is 1. The lowest BCUT2D eigenvalue weighted by molar-refractivity contribution is -0.126. The third-order valence-electron chi connectivity index (χ3n) is 9.11. The predicted molar refractivity (Wildman–Crippen MR) is 115 cm³/mol. The molecule has 5 aliphatic carbocycles. The molecule has 0 saturated heterocycles. The van der Waals surface area contributed by atoms with E-state index in [-0.39, 0.29) is 11.3 Å². The minimum atomic E-state index is -0.776. The number of carbonyl (C=O) groups is 1. The number of ketones is 1. The Kier molecular flexibility index (Phi) is 4.83. The lowest BCUT2D eigenvalue weighted by Gasteiger charge is -2.54. The zero-order chi connectivity index (χ0) is 19.5. The van der Waals surface area contributed by atoms with Crippen molar-refractivity contribution >= 4 is 21.7 Å². The number of fused-ring (bicyclic) bond motifs is 5. The lowest BCUT2D eigenvalue weighted by Crippen LogP contribution is -2.48. The molecule has 0 radical (unpaired) electrons. The molecule has 4 saturated carbocycles. The summed E-state index contributed by atoms with van der Waals surface area (Å²) in [6.07, 6.45) is 13.6. The third kappa shape index (κ3) is 3.14. The number of allylic oxidation sites excluding steroid dienone is 1. The van der Waals surface area contributed by atoms with Crippen LogP contribution in [0.4, 0.5) is 0 Å². The molecule has 28 heavy (non-hydrogen) atoms. The molecule has 0 aliphatic heterocycles. The fourth-order valence-electron chi connectivity index (χ4n) is 7.49. The minimum Gasteiger partial charge on any atom is -0.377 e. The molecule has 2 nitrogen and oxygen atoms in total. The molecule has 0 aromatic carbocycles. The molecule has 0 amide bonds. The van der Waals surface area contributed by atoms with E-state index in [0.29, 0.717) is 28.9 Å². The van der Waals surface area contributed by atoms with Gasteiger partial charge in [-0.25, -0.2) is 0 Å². The van der Waals surface area contributed by atoms with Crippen LogP contribution in [0.2, 0.25) is 0 Å². The van der Waals surface area contributed by atoms with Gasteiger partial charge in [-0.05, 0) is 86.9 Å². The average Bonchev–Trinajstić information content (AvgIpc) is 3.45. The van der Waals surface area contributed by atoms with Gasteiger partial charge in [0.2, 0.25) is 0 Å². The smallest absolute Gasteiger partial charge is 0.147 e. The normalized spacial score (nSPS) is 47.1. The van der Waals surface area contributed by atoms with E-state index >= 15 is 0 Å². The van der Waals surface area contributed by atoms with Crippen molar-refractivity contribution in [2.45, 2.75) is 76.7 Å². The Morgan fingerprint density at radius 1 is 1.18 bits per heavy atom. The van der Waals surface area contributed by atoms with Crippen molar-refractivity contribution in [1.82, 2.24) is 0 Å². The van der Waals surface area contributed by atoms with Gasteiger partial charge in [-0.3, -0.25) is 4.79 Å². The predicted octanol–water partition coefficient (Wildman–Crippen LogP) is 5.28. The zero-order valence-electron chi connectivity index (χ0n) is 17.1. The molecule has 152 valence electrons. The first-order chi connectivity index (χ1) is 13.4. The summed E-state index contributed by atoms with van der Waals surface area (Å²) in [5.74, 6) is 10.7. The fourth-order valence-corrected chi connectivity index (χ4v) is 7.88. The molecule has 1 N–H and O–H groups in total. The second-order valence-electron chi connectivity index (χ2n) is 10.6. The molecule has 5 rings (SSSR count). The molecular weight excluding hydrogens is 412 g/mol. The maximum atomic E-state index is 12.5. The molecule has 0 aromatic heterocycles. The number of Topliss-reactive ketones (excluding diaryl/α,β-unsaturated/α-hetero) is 1. The van der Waals surface area contributed by atoms with E-state index in [1.807, 2.05) is 0 Å². The topological polar surface area (TPSA) is 37.3 Å². The summed E-state index contributed by atoms with van der Waals surface area (Å²) in [7, 11) is 0. The van der Waals surface area contributed by atoms with Crippen molar-refractivity contribution in [3.05, 3.63) is 11.6 Å². The van der Waals surface area contributed by atoms with Crippen molar-refractivity contribution in [1.29, 1.82) is 0 Å². The molecule has 4 fully saturated rings. The van der Waals surface area contributed by atoms with Crippen molar-refractivity contribution in [3.63, 3.8) is 0 Å². The van der Waals surface area contributed by atoms with Crippen LogP contribution in [0.25, 0.3) is 0 Å². The van der Waals surface area contributed by atoms with Gasteiger partial charge < -0.3 is 5.11 Å². The van der Waals surface area contributed by atoms with Crippen molar-refractivity contribution < 1.29 is 9.90 Å². The van der Waals surface area contributed by atoms with Crippen molar-refractivity contribution in [2.24, 2.45) is 40.9 Å². The van der Waals surface area contributed by atoms with Crippen LogP contribution < -0.4 is 0 Å². The van der Waals surface area contributed by atoms with E-state index in [1.54, 1.807) is 0 Å². The molecule has 1 unspecified atom stereocenters.